The van der Waals surface area contributed by atoms with E-state index in [9.17, 15) is 10.1 Å². The lowest BCUT2D eigenvalue weighted by Crippen LogP contribution is -3.00. The number of fused-ring (bicyclic) bond motifs is 1. The second kappa shape index (κ2) is 6.35. The van der Waals surface area contributed by atoms with Gasteiger partial charge in [0, 0.05) is 29.9 Å². The summed E-state index contributed by atoms with van der Waals surface area (Å²) in [6.07, 6.45) is 0.735. The first-order valence-electron chi connectivity index (χ1n) is 6.09. The van der Waals surface area contributed by atoms with Gasteiger partial charge in [0.1, 0.15) is 0 Å². The quantitative estimate of drug-likeness (QED) is 0.518. The van der Waals surface area contributed by atoms with E-state index in [-0.39, 0.29) is 22.7 Å². The maximum Gasteiger partial charge on any atom is 0.270 e. The number of nitro groups is 1. The van der Waals surface area contributed by atoms with E-state index >= 15 is 0 Å². The Morgan fingerprint density at radius 1 is 1.43 bits per heavy atom. The van der Waals surface area contributed by atoms with E-state index < -0.39 is 4.92 Å². The predicted molar refractivity (Wildman–Crippen MR) is 75.2 cm³/mol. The molecule has 0 aliphatic carbocycles. The summed E-state index contributed by atoms with van der Waals surface area (Å²) >= 11 is 1.53. The molecule has 0 saturated carbocycles. The zero-order valence-electron chi connectivity index (χ0n) is 11.1. The minimum Gasteiger partial charge on any atom is -1.00 e. The molecule has 7 nitrogen and oxygen atoms in total. The fourth-order valence-electron chi connectivity index (χ4n) is 1.93. The van der Waals surface area contributed by atoms with Crippen molar-refractivity contribution in [3.05, 3.63) is 45.8 Å². The highest BCUT2D eigenvalue weighted by Gasteiger charge is 2.20. The molecule has 9 heteroatoms. The van der Waals surface area contributed by atoms with Crippen LogP contribution in [-0.4, -0.2) is 31.3 Å². The van der Waals surface area contributed by atoms with Gasteiger partial charge < -0.3 is 17.0 Å². The zero-order valence-corrected chi connectivity index (χ0v) is 13.5. The molecule has 0 amide bonds. The van der Waals surface area contributed by atoms with E-state index in [0.29, 0.717) is 5.75 Å². The van der Waals surface area contributed by atoms with Crippen LogP contribution in [0.4, 0.5) is 5.69 Å². The molecule has 2 aromatic rings. The van der Waals surface area contributed by atoms with Crippen LogP contribution >= 0.6 is 11.8 Å². The highest BCUT2D eigenvalue weighted by atomic mass is 79.9. The SMILES string of the molecule is CCc1nnc2n1N=C(c1cccc([N+](=O)[O-])c1)CS2.[Br-]. The van der Waals surface area contributed by atoms with Crippen LogP contribution in [0.15, 0.2) is 34.5 Å². The van der Waals surface area contributed by atoms with E-state index in [4.69, 9.17) is 0 Å². The van der Waals surface area contributed by atoms with Gasteiger partial charge in [0.2, 0.25) is 5.16 Å². The van der Waals surface area contributed by atoms with Crippen molar-refractivity contribution < 1.29 is 21.9 Å². The van der Waals surface area contributed by atoms with Crippen LogP contribution in [0.25, 0.3) is 0 Å². The van der Waals surface area contributed by atoms with Crippen LogP contribution < -0.4 is 17.0 Å². The number of aryl methyl sites for hydroxylation is 1. The maximum absolute atomic E-state index is 10.8. The number of non-ortho nitro benzene ring substituents is 1. The average Bonchev–Trinajstić information content (AvgIpc) is 2.89. The molecule has 1 aliphatic heterocycles. The second-order valence-corrected chi connectivity index (χ2v) is 5.15. The molecule has 2 heterocycles. The van der Waals surface area contributed by atoms with Gasteiger partial charge in [-0.25, -0.2) is 0 Å². The molecule has 1 aromatic heterocycles. The van der Waals surface area contributed by atoms with E-state index in [1.807, 2.05) is 13.0 Å². The van der Waals surface area contributed by atoms with Crippen LogP contribution in [0, 0.1) is 10.1 Å². The summed E-state index contributed by atoms with van der Waals surface area (Å²) in [5.41, 5.74) is 1.62. The number of halogens is 1. The maximum atomic E-state index is 10.8. The first-order valence-corrected chi connectivity index (χ1v) is 7.07. The number of benzene rings is 1. The summed E-state index contributed by atoms with van der Waals surface area (Å²) in [5, 5.41) is 24.2. The van der Waals surface area contributed by atoms with Gasteiger partial charge >= 0.3 is 0 Å². The summed E-state index contributed by atoms with van der Waals surface area (Å²) in [4.78, 5) is 10.4. The van der Waals surface area contributed by atoms with Gasteiger partial charge in [-0.1, -0.05) is 30.8 Å². The first-order chi connectivity index (χ1) is 9.69. The Morgan fingerprint density at radius 3 is 2.95 bits per heavy atom. The molecule has 1 aliphatic rings. The molecule has 21 heavy (non-hydrogen) atoms. The van der Waals surface area contributed by atoms with Crippen molar-refractivity contribution in [2.45, 2.75) is 18.5 Å². The van der Waals surface area contributed by atoms with Gasteiger partial charge in [-0.05, 0) is 0 Å². The normalized spacial score (nSPS) is 13.1. The third-order valence-electron chi connectivity index (χ3n) is 2.94. The molecular formula is C12H11BrN5O2S-. The number of hydrogen-bond donors (Lipinski definition) is 0. The van der Waals surface area contributed by atoms with Crippen LogP contribution in [0.1, 0.15) is 18.3 Å². The van der Waals surface area contributed by atoms with Crippen molar-refractivity contribution in [1.82, 2.24) is 14.9 Å². The summed E-state index contributed by atoms with van der Waals surface area (Å²) in [5.74, 6) is 1.42. The van der Waals surface area contributed by atoms with Gasteiger partial charge in [-0.2, -0.15) is 9.78 Å². The van der Waals surface area contributed by atoms with Gasteiger partial charge in [-0.15, -0.1) is 10.2 Å². The summed E-state index contributed by atoms with van der Waals surface area (Å²) in [6, 6.07) is 6.51. The molecule has 0 bridgehead atoms. The Morgan fingerprint density at radius 2 is 2.24 bits per heavy atom. The van der Waals surface area contributed by atoms with Crippen molar-refractivity contribution in [2.24, 2.45) is 5.10 Å². The fraction of sp³-hybridized carbons (Fsp3) is 0.250. The topological polar surface area (TPSA) is 86.2 Å². The molecule has 0 radical (unpaired) electrons. The Bertz CT molecular complexity index is 715. The number of aromatic nitrogens is 3. The molecule has 0 N–H and O–H groups in total. The Hall–Kier alpha value is -1.74. The third-order valence-corrected chi connectivity index (χ3v) is 3.87. The van der Waals surface area contributed by atoms with Crippen molar-refractivity contribution in [3.8, 4) is 0 Å². The summed E-state index contributed by atoms with van der Waals surface area (Å²) < 4.78 is 1.71. The Labute approximate surface area is 135 Å². The first kappa shape index (κ1) is 15.6. The van der Waals surface area contributed by atoms with Gasteiger partial charge in [0.05, 0.1) is 10.6 Å². The van der Waals surface area contributed by atoms with Gasteiger partial charge in [-0.3, -0.25) is 10.1 Å². The summed E-state index contributed by atoms with van der Waals surface area (Å²) in [6.45, 7) is 1.99. The lowest BCUT2D eigenvalue weighted by Gasteiger charge is -2.13. The molecule has 0 spiro atoms. The minimum absolute atomic E-state index is 0. The number of thioether (sulfide) groups is 1. The highest BCUT2D eigenvalue weighted by molar-refractivity contribution is 7.99. The molecule has 110 valence electrons. The van der Waals surface area contributed by atoms with E-state index in [2.05, 4.69) is 15.3 Å². The minimum atomic E-state index is -0.401. The van der Waals surface area contributed by atoms with Crippen LogP contribution in [-0.2, 0) is 6.42 Å². The zero-order chi connectivity index (χ0) is 14.1. The van der Waals surface area contributed by atoms with Crippen molar-refractivity contribution in [3.63, 3.8) is 0 Å². The second-order valence-electron chi connectivity index (χ2n) is 4.21. The Balaban J connectivity index is 0.00000161. The van der Waals surface area contributed by atoms with Gasteiger partial charge in [0.15, 0.2) is 5.82 Å². The molecule has 0 atom stereocenters. The molecule has 3 rings (SSSR count). The monoisotopic (exact) mass is 368 g/mol. The predicted octanol–water partition coefficient (Wildman–Crippen LogP) is -0.889. The average molecular weight is 369 g/mol. The van der Waals surface area contributed by atoms with Crippen LogP contribution in [0.5, 0.6) is 0 Å². The lowest BCUT2D eigenvalue weighted by molar-refractivity contribution is -0.384. The van der Waals surface area contributed by atoms with E-state index in [0.717, 1.165) is 28.7 Å². The van der Waals surface area contributed by atoms with Gasteiger partial charge in [0.25, 0.3) is 5.69 Å². The molecule has 0 saturated heterocycles. The van der Waals surface area contributed by atoms with Crippen LogP contribution in [0.2, 0.25) is 0 Å². The number of nitro benzene ring substituents is 1. The molecule has 1 aromatic carbocycles. The lowest BCUT2D eigenvalue weighted by atomic mass is 10.1. The summed E-state index contributed by atoms with van der Waals surface area (Å²) in [7, 11) is 0. The van der Waals surface area contributed by atoms with E-state index in [1.165, 1.54) is 17.8 Å². The highest BCUT2D eigenvalue weighted by Crippen LogP contribution is 2.25. The standard InChI is InChI=1S/C12H11N5O2S.BrH/c1-2-11-13-14-12-16(11)15-10(7-20-12)8-4-3-5-9(6-8)17(18)19;/h3-6H,2,7H2,1H3;1H/p-1. The van der Waals surface area contributed by atoms with Crippen LogP contribution in [0.3, 0.4) is 0 Å². The number of hydrogen-bond acceptors (Lipinski definition) is 6. The molecule has 0 fully saturated rings. The fourth-order valence-corrected chi connectivity index (χ4v) is 2.79. The number of nitrogens with zero attached hydrogens (tertiary/aromatic N) is 5. The molecule has 0 unspecified atom stereocenters. The molecular weight excluding hydrogens is 358 g/mol. The van der Waals surface area contributed by atoms with Crippen molar-refractivity contribution >= 4 is 23.2 Å². The van der Waals surface area contributed by atoms with Crippen molar-refractivity contribution in [1.29, 1.82) is 0 Å². The third kappa shape index (κ3) is 2.98. The van der Waals surface area contributed by atoms with E-state index in [1.54, 1.807) is 16.8 Å². The largest absolute Gasteiger partial charge is 1.00 e. The Kier molecular flexibility index (Phi) is 4.73. The van der Waals surface area contributed by atoms with Crippen molar-refractivity contribution in [2.75, 3.05) is 5.75 Å². The number of rotatable bonds is 3. The smallest absolute Gasteiger partial charge is 0.270 e.